The fourth-order valence-electron chi connectivity index (χ4n) is 5.92. The summed E-state index contributed by atoms with van der Waals surface area (Å²) in [6, 6.07) is 9.11. The van der Waals surface area contributed by atoms with Crippen molar-refractivity contribution in [3.8, 4) is 5.75 Å². The largest absolute Gasteiger partial charge is 0.493 e. The van der Waals surface area contributed by atoms with Crippen molar-refractivity contribution in [2.75, 3.05) is 37.2 Å². The fourth-order valence-corrected chi connectivity index (χ4v) is 6.48. The summed E-state index contributed by atoms with van der Waals surface area (Å²) in [5, 5.41) is 0.611. The van der Waals surface area contributed by atoms with Gasteiger partial charge in [-0.05, 0) is 79.9 Å². The molecule has 0 saturated carbocycles. The Labute approximate surface area is 284 Å². The molecule has 0 radical (unpaired) electrons. The Hall–Kier alpha value is -2.84. The molecule has 2 aromatic carbocycles. The van der Waals surface area contributed by atoms with Crippen molar-refractivity contribution in [1.29, 1.82) is 0 Å². The lowest BCUT2D eigenvalue weighted by atomic mass is 9.77. The molecule has 1 N–H and O–H groups in total. The van der Waals surface area contributed by atoms with Crippen molar-refractivity contribution < 1.29 is 22.4 Å². The number of ether oxygens (including phenoxy) is 1. The highest BCUT2D eigenvalue weighted by Gasteiger charge is 2.31. The van der Waals surface area contributed by atoms with E-state index in [-0.39, 0.29) is 16.6 Å². The topological polar surface area (TPSA) is 88.8 Å². The number of ketones is 1. The van der Waals surface area contributed by atoms with Crippen LogP contribution in [0.25, 0.3) is 11.0 Å². The Bertz CT molecular complexity index is 1550. The first-order valence-corrected chi connectivity index (χ1v) is 19.5. The Morgan fingerprint density at radius 3 is 1.89 bits per heavy atom. The van der Waals surface area contributed by atoms with E-state index in [1.54, 1.807) is 18.2 Å². The number of furan rings is 1. The van der Waals surface area contributed by atoms with Crippen molar-refractivity contribution in [2.45, 2.75) is 125 Å². The highest BCUT2D eigenvalue weighted by molar-refractivity contribution is 7.92. The lowest BCUT2D eigenvalue weighted by molar-refractivity contribution is 0.103. The summed E-state index contributed by atoms with van der Waals surface area (Å²) in [6.45, 7) is 23.4. The second-order valence-corrected chi connectivity index (χ2v) is 16.8. The van der Waals surface area contributed by atoms with E-state index in [2.05, 4.69) is 71.9 Å². The van der Waals surface area contributed by atoms with Gasteiger partial charge in [0.15, 0.2) is 5.78 Å². The van der Waals surface area contributed by atoms with Crippen LogP contribution >= 0.6 is 0 Å². The summed E-state index contributed by atoms with van der Waals surface area (Å²) in [6.07, 6.45) is 9.31. The lowest BCUT2D eigenvalue weighted by Gasteiger charge is -2.31. The molecule has 0 aliphatic carbocycles. The number of rotatable bonds is 18. The van der Waals surface area contributed by atoms with E-state index in [1.165, 1.54) is 25.7 Å². The normalized spacial score (nSPS) is 12.7. The van der Waals surface area contributed by atoms with Crippen molar-refractivity contribution in [3.05, 3.63) is 58.3 Å². The van der Waals surface area contributed by atoms with Crippen LogP contribution in [0.5, 0.6) is 5.75 Å². The van der Waals surface area contributed by atoms with E-state index < -0.39 is 10.0 Å². The zero-order valence-corrected chi connectivity index (χ0v) is 31.6. The van der Waals surface area contributed by atoms with Crippen LogP contribution in [0.4, 0.5) is 5.69 Å². The van der Waals surface area contributed by atoms with Crippen LogP contribution < -0.4 is 9.46 Å². The first kappa shape index (κ1) is 38.6. The number of unbranched alkanes of at least 4 members (excludes halogenated alkanes) is 3. The molecule has 3 aromatic rings. The highest BCUT2D eigenvalue weighted by Crippen LogP contribution is 2.42. The minimum atomic E-state index is -3.49. The number of anilines is 1. The summed E-state index contributed by atoms with van der Waals surface area (Å²) >= 11 is 0. The molecular weight excluding hydrogens is 609 g/mol. The van der Waals surface area contributed by atoms with Gasteiger partial charge in [-0.25, -0.2) is 8.42 Å². The number of sulfonamides is 1. The van der Waals surface area contributed by atoms with Crippen molar-refractivity contribution in [2.24, 2.45) is 0 Å². The van der Waals surface area contributed by atoms with Crippen molar-refractivity contribution in [3.63, 3.8) is 0 Å². The second-order valence-electron chi connectivity index (χ2n) is 15.1. The van der Waals surface area contributed by atoms with E-state index in [4.69, 9.17) is 9.15 Å². The molecule has 8 heteroatoms. The lowest BCUT2D eigenvalue weighted by Crippen LogP contribution is -2.28. The number of nitrogens with zero attached hydrogens (tertiary/aromatic N) is 1. The van der Waals surface area contributed by atoms with Gasteiger partial charge in [0, 0.05) is 40.7 Å². The third-order valence-electron chi connectivity index (χ3n) is 8.54. The van der Waals surface area contributed by atoms with Gasteiger partial charge in [-0.3, -0.25) is 9.52 Å². The Kier molecular flexibility index (Phi) is 13.6. The summed E-state index contributed by atoms with van der Waals surface area (Å²) < 4.78 is 39.5. The molecule has 0 bridgehead atoms. The third kappa shape index (κ3) is 10.8. The minimum absolute atomic E-state index is 0.128. The zero-order valence-electron chi connectivity index (χ0n) is 30.8. The van der Waals surface area contributed by atoms with Gasteiger partial charge >= 0.3 is 0 Å². The first-order chi connectivity index (χ1) is 22.0. The average molecular weight is 669 g/mol. The third-order valence-corrected chi connectivity index (χ3v) is 9.14. The van der Waals surface area contributed by atoms with Crippen LogP contribution in [0.2, 0.25) is 0 Å². The van der Waals surface area contributed by atoms with Gasteiger partial charge in [0.25, 0.3) is 0 Å². The molecule has 0 aliphatic rings. The fraction of sp³-hybridized carbons (Fsp3) is 0.615. The van der Waals surface area contributed by atoms with Gasteiger partial charge in [0.2, 0.25) is 10.0 Å². The van der Waals surface area contributed by atoms with Gasteiger partial charge in [0.1, 0.15) is 17.1 Å². The van der Waals surface area contributed by atoms with Gasteiger partial charge in [-0.2, -0.15) is 0 Å². The number of benzene rings is 2. The second kappa shape index (κ2) is 16.5. The maximum atomic E-state index is 14.6. The molecule has 0 fully saturated rings. The van der Waals surface area contributed by atoms with E-state index in [1.807, 2.05) is 12.1 Å². The smallest absolute Gasteiger partial charge is 0.229 e. The molecule has 0 amide bonds. The number of hydrogen-bond donors (Lipinski definition) is 1. The summed E-state index contributed by atoms with van der Waals surface area (Å²) in [7, 11) is -3.49. The van der Waals surface area contributed by atoms with Crippen molar-refractivity contribution >= 4 is 32.5 Å². The summed E-state index contributed by atoms with van der Waals surface area (Å²) in [4.78, 5) is 17.2. The van der Waals surface area contributed by atoms with E-state index in [9.17, 15) is 13.2 Å². The number of nitrogens with one attached hydrogen (secondary N) is 1. The average Bonchev–Trinajstić information content (AvgIpc) is 3.34. The van der Waals surface area contributed by atoms with Crippen LogP contribution in [0.1, 0.15) is 140 Å². The predicted octanol–water partition coefficient (Wildman–Crippen LogP) is 9.64. The van der Waals surface area contributed by atoms with Crippen molar-refractivity contribution in [1.82, 2.24) is 4.90 Å². The van der Waals surface area contributed by atoms with E-state index in [0.717, 1.165) is 62.0 Å². The molecule has 7 nitrogen and oxygen atoms in total. The molecule has 3 rings (SSSR count). The first-order valence-electron chi connectivity index (χ1n) is 17.6. The number of carbonyl (C=O) groups is 1. The van der Waals surface area contributed by atoms with Crippen LogP contribution in [0.3, 0.4) is 0 Å². The zero-order chi connectivity index (χ0) is 35.0. The molecule has 0 aliphatic heterocycles. The number of hydrogen-bond acceptors (Lipinski definition) is 6. The number of fused-ring (bicyclic) bond motifs is 1. The molecular formula is C39H60N2O5S. The monoisotopic (exact) mass is 668 g/mol. The van der Waals surface area contributed by atoms with Crippen LogP contribution in [0.15, 0.2) is 34.7 Å². The molecule has 0 unspecified atom stereocenters. The maximum Gasteiger partial charge on any atom is 0.229 e. The highest BCUT2D eigenvalue weighted by atomic mass is 32.2. The quantitative estimate of drug-likeness (QED) is 0.107. The van der Waals surface area contributed by atoms with Gasteiger partial charge < -0.3 is 14.1 Å². The molecule has 0 saturated heterocycles. The summed E-state index contributed by atoms with van der Waals surface area (Å²) in [5.41, 5.74) is 3.49. The predicted molar refractivity (Wildman–Crippen MR) is 197 cm³/mol. The molecule has 47 heavy (non-hydrogen) atoms. The van der Waals surface area contributed by atoms with Gasteiger partial charge in [-0.1, -0.05) is 81.6 Å². The van der Waals surface area contributed by atoms with Gasteiger partial charge in [0.05, 0.1) is 18.4 Å². The standard InChI is InChI=1S/C39H60N2O5S/c1-11-14-18-34-35(30-27-29(40-47(10,43)44)19-20-33(30)46-34)36(42)28-25-31(38(4,5)6)37(32(26-28)39(7,8)9)45-24-17-23-41(21-15-12-2)22-16-13-3/h19-20,25-27,40H,11-18,21-24H2,1-10H3. The van der Waals surface area contributed by atoms with Crippen LogP contribution in [-0.4, -0.2) is 51.6 Å². The maximum absolute atomic E-state index is 14.6. The molecule has 0 atom stereocenters. The Morgan fingerprint density at radius 2 is 1.38 bits per heavy atom. The Balaban J connectivity index is 2.08. The molecule has 1 heterocycles. The Morgan fingerprint density at radius 1 is 0.830 bits per heavy atom. The van der Waals surface area contributed by atoms with Crippen LogP contribution in [0, 0.1) is 0 Å². The number of aryl methyl sites for hydroxylation is 1. The van der Waals surface area contributed by atoms with E-state index >= 15 is 0 Å². The van der Waals surface area contributed by atoms with Gasteiger partial charge in [-0.15, -0.1) is 0 Å². The van der Waals surface area contributed by atoms with E-state index in [0.29, 0.717) is 46.6 Å². The van der Waals surface area contributed by atoms with Crippen LogP contribution in [-0.2, 0) is 27.3 Å². The number of carbonyl (C=O) groups excluding carboxylic acids is 1. The molecule has 262 valence electrons. The molecule has 0 spiro atoms. The SMILES string of the molecule is CCCCc1oc2ccc(NS(C)(=O)=O)cc2c1C(=O)c1cc(C(C)(C)C)c(OCCCN(CCCC)CCCC)c(C(C)(C)C)c1. The minimum Gasteiger partial charge on any atom is -0.493 e. The molecule has 1 aromatic heterocycles. The summed E-state index contributed by atoms with van der Waals surface area (Å²) in [5.74, 6) is 1.38.